The lowest BCUT2D eigenvalue weighted by Gasteiger charge is -2.49. The molecule has 1 aromatic carbocycles. The van der Waals surface area contributed by atoms with Gasteiger partial charge in [-0.2, -0.15) is 0 Å². The second-order valence-electron chi connectivity index (χ2n) is 6.08. The zero-order valence-corrected chi connectivity index (χ0v) is 14.1. The topological polar surface area (TPSA) is 23.6 Å². The van der Waals surface area contributed by atoms with E-state index >= 15 is 0 Å². The molecule has 0 amide bonds. The molecule has 1 aliphatic rings. The Morgan fingerprint density at radius 2 is 2.00 bits per heavy atom. The van der Waals surface area contributed by atoms with Gasteiger partial charge >= 0.3 is 0 Å². The number of rotatable bonds is 6. The van der Waals surface area contributed by atoms with E-state index in [-0.39, 0.29) is 11.3 Å². The molecule has 0 heterocycles. The van der Waals surface area contributed by atoms with E-state index in [1.54, 1.807) is 0 Å². The molecule has 1 aromatic rings. The van der Waals surface area contributed by atoms with Gasteiger partial charge in [0.1, 0.15) is 0 Å². The Kier molecular flexibility index (Phi) is 4.99. The summed E-state index contributed by atoms with van der Waals surface area (Å²) in [5, 5.41) is 0. The minimum atomic E-state index is 0.182. The van der Waals surface area contributed by atoms with Crippen LogP contribution in [-0.2, 0) is 0 Å². The molecule has 20 heavy (non-hydrogen) atoms. The van der Waals surface area contributed by atoms with Gasteiger partial charge in [0.25, 0.3) is 0 Å². The summed E-state index contributed by atoms with van der Waals surface area (Å²) in [6, 6.07) is 7.62. The van der Waals surface area contributed by atoms with Crippen LogP contribution in [0.5, 0.6) is 0 Å². The SMILES string of the molecule is CN(CC(=O)c1cccc(Br)c1)CC1(N(C)C)CCC1. The molecule has 0 aromatic heterocycles. The number of hydrogen-bond donors (Lipinski definition) is 0. The molecule has 0 N–H and O–H groups in total. The summed E-state index contributed by atoms with van der Waals surface area (Å²) in [4.78, 5) is 16.8. The third-order valence-electron chi connectivity index (χ3n) is 4.36. The molecule has 0 unspecified atom stereocenters. The summed E-state index contributed by atoms with van der Waals surface area (Å²) in [7, 11) is 6.33. The number of ketones is 1. The minimum Gasteiger partial charge on any atom is -0.302 e. The van der Waals surface area contributed by atoms with Crippen molar-refractivity contribution in [2.75, 3.05) is 34.2 Å². The molecule has 0 atom stereocenters. The highest BCUT2D eigenvalue weighted by molar-refractivity contribution is 9.10. The standard InChI is InChI=1S/C16H23BrN2O/c1-18(2)16(8-5-9-16)12-19(3)11-15(20)13-6-4-7-14(17)10-13/h4,6-7,10H,5,8-9,11-12H2,1-3H3. The lowest BCUT2D eigenvalue weighted by Crippen LogP contribution is -2.57. The van der Waals surface area contributed by atoms with Crippen LogP contribution in [0.4, 0.5) is 0 Å². The summed E-state index contributed by atoms with van der Waals surface area (Å²) in [5.41, 5.74) is 1.05. The largest absolute Gasteiger partial charge is 0.302 e. The number of nitrogens with zero attached hydrogens (tertiary/aromatic N) is 2. The van der Waals surface area contributed by atoms with Crippen LogP contribution in [0.2, 0.25) is 0 Å². The van der Waals surface area contributed by atoms with Crippen molar-refractivity contribution in [3.8, 4) is 0 Å². The lowest BCUT2D eigenvalue weighted by molar-refractivity contribution is 0.0280. The van der Waals surface area contributed by atoms with Crippen molar-refractivity contribution in [2.45, 2.75) is 24.8 Å². The third-order valence-corrected chi connectivity index (χ3v) is 4.85. The first-order valence-corrected chi connectivity index (χ1v) is 7.87. The van der Waals surface area contributed by atoms with Gasteiger partial charge < -0.3 is 4.90 Å². The second kappa shape index (κ2) is 6.37. The van der Waals surface area contributed by atoms with E-state index in [9.17, 15) is 4.79 Å². The molecule has 1 saturated carbocycles. The van der Waals surface area contributed by atoms with Crippen LogP contribution < -0.4 is 0 Å². The van der Waals surface area contributed by atoms with Gasteiger partial charge in [0, 0.05) is 22.1 Å². The van der Waals surface area contributed by atoms with Gasteiger partial charge in [-0.05, 0) is 52.5 Å². The van der Waals surface area contributed by atoms with E-state index in [0.29, 0.717) is 6.54 Å². The van der Waals surface area contributed by atoms with Crippen molar-refractivity contribution < 1.29 is 4.79 Å². The highest BCUT2D eigenvalue weighted by atomic mass is 79.9. The Bertz CT molecular complexity index is 483. The molecule has 0 aliphatic heterocycles. The second-order valence-corrected chi connectivity index (χ2v) is 6.99. The minimum absolute atomic E-state index is 0.182. The Hall–Kier alpha value is -0.710. The lowest BCUT2D eigenvalue weighted by atomic mass is 9.75. The van der Waals surface area contributed by atoms with E-state index in [1.807, 2.05) is 31.3 Å². The van der Waals surface area contributed by atoms with E-state index in [0.717, 1.165) is 16.6 Å². The van der Waals surface area contributed by atoms with Crippen LogP contribution in [0, 0.1) is 0 Å². The number of benzene rings is 1. The quantitative estimate of drug-likeness (QED) is 0.745. The summed E-state index contributed by atoms with van der Waals surface area (Å²) in [6.45, 7) is 1.44. The highest BCUT2D eigenvalue weighted by Crippen LogP contribution is 2.36. The molecule has 1 aliphatic carbocycles. The Balaban J connectivity index is 1.94. The first-order chi connectivity index (χ1) is 9.43. The van der Waals surface area contributed by atoms with Crippen LogP contribution in [0.15, 0.2) is 28.7 Å². The van der Waals surface area contributed by atoms with Crippen LogP contribution in [0.25, 0.3) is 0 Å². The van der Waals surface area contributed by atoms with Crippen molar-refractivity contribution >= 4 is 21.7 Å². The fraction of sp³-hybridized carbons (Fsp3) is 0.562. The first-order valence-electron chi connectivity index (χ1n) is 7.08. The van der Waals surface area contributed by atoms with E-state index in [2.05, 4.69) is 39.8 Å². The van der Waals surface area contributed by atoms with E-state index < -0.39 is 0 Å². The maximum Gasteiger partial charge on any atom is 0.176 e. The molecule has 110 valence electrons. The number of halogens is 1. The average Bonchev–Trinajstić information content (AvgIpc) is 2.33. The number of hydrogen-bond acceptors (Lipinski definition) is 3. The maximum atomic E-state index is 12.3. The van der Waals surface area contributed by atoms with Gasteiger partial charge in [0.15, 0.2) is 5.78 Å². The van der Waals surface area contributed by atoms with Gasteiger partial charge in [-0.3, -0.25) is 9.69 Å². The van der Waals surface area contributed by atoms with Gasteiger partial charge in [-0.1, -0.05) is 28.1 Å². The van der Waals surface area contributed by atoms with E-state index in [1.165, 1.54) is 19.3 Å². The van der Waals surface area contributed by atoms with Crippen LogP contribution in [0.1, 0.15) is 29.6 Å². The van der Waals surface area contributed by atoms with Crippen molar-refractivity contribution in [1.29, 1.82) is 0 Å². The Labute approximate surface area is 130 Å². The molecule has 0 bridgehead atoms. The van der Waals surface area contributed by atoms with Crippen LogP contribution in [-0.4, -0.2) is 55.4 Å². The molecule has 3 nitrogen and oxygen atoms in total. The molecule has 0 spiro atoms. The third kappa shape index (κ3) is 3.48. The van der Waals surface area contributed by atoms with Crippen molar-refractivity contribution in [1.82, 2.24) is 9.80 Å². The molecule has 0 saturated heterocycles. The van der Waals surface area contributed by atoms with Gasteiger partial charge in [-0.25, -0.2) is 0 Å². The molecule has 0 radical (unpaired) electrons. The molecule has 1 fully saturated rings. The van der Waals surface area contributed by atoms with Gasteiger partial charge in [0.05, 0.1) is 6.54 Å². The van der Waals surface area contributed by atoms with Gasteiger partial charge in [0.2, 0.25) is 0 Å². The Morgan fingerprint density at radius 1 is 1.30 bits per heavy atom. The Morgan fingerprint density at radius 3 is 2.50 bits per heavy atom. The first kappa shape index (κ1) is 15.7. The zero-order chi connectivity index (χ0) is 14.8. The van der Waals surface area contributed by atoms with Crippen molar-refractivity contribution in [3.63, 3.8) is 0 Å². The number of likely N-dealkylation sites (N-methyl/N-ethyl adjacent to an activating group) is 2. The summed E-state index contributed by atoms with van der Waals surface area (Å²) >= 11 is 3.41. The number of Topliss-reactive ketones (excluding diaryl/α,β-unsaturated/α-hetero) is 1. The predicted molar refractivity (Wildman–Crippen MR) is 86.2 cm³/mol. The van der Waals surface area contributed by atoms with Crippen LogP contribution >= 0.6 is 15.9 Å². The number of carbonyl (C=O) groups is 1. The van der Waals surface area contributed by atoms with Gasteiger partial charge in [-0.15, -0.1) is 0 Å². The maximum absolute atomic E-state index is 12.3. The monoisotopic (exact) mass is 338 g/mol. The van der Waals surface area contributed by atoms with Crippen molar-refractivity contribution in [2.24, 2.45) is 0 Å². The zero-order valence-electron chi connectivity index (χ0n) is 12.5. The average molecular weight is 339 g/mol. The fourth-order valence-corrected chi connectivity index (χ4v) is 3.29. The predicted octanol–water partition coefficient (Wildman–Crippen LogP) is 3.05. The smallest absolute Gasteiger partial charge is 0.176 e. The van der Waals surface area contributed by atoms with E-state index in [4.69, 9.17) is 0 Å². The fourth-order valence-electron chi connectivity index (χ4n) is 2.89. The number of carbonyl (C=O) groups excluding carboxylic acids is 1. The molecule has 4 heteroatoms. The summed E-state index contributed by atoms with van der Waals surface area (Å²) < 4.78 is 0.953. The van der Waals surface area contributed by atoms with Crippen LogP contribution in [0.3, 0.4) is 0 Å². The normalized spacial score (nSPS) is 17.3. The molecule has 2 rings (SSSR count). The van der Waals surface area contributed by atoms with Crippen molar-refractivity contribution in [3.05, 3.63) is 34.3 Å². The highest BCUT2D eigenvalue weighted by Gasteiger charge is 2.39. The summed E-state index contributed by atoms with van der Waals surface area (Å²) in [6.07, 6.45) is 3.76. The molecular weight excluding hydrogens is 316 g/mol. The molecular formula is C16H23BrN2O. The summed E-state index contributed by atoms with van der Waals surface area (Å²) in [5.74, 6) is 0.182.